The van der Waals surface area contributed by atoms with Gasteiger partial charge in [-0.25, -0.2) is 0 Å². The van der Waals surface area contributed by atoms with Crippen LogP contribution in [0, 0.1) is 5.92 Å². The van der Waals surface area contributed by atoms with Crippen LogP contribution in [0.2, 0.25) is 0 Å². The molecule has 0 aromatic rings. The first-order chi connectivity index (χ1) is 7.50. The lowest BCUT2D eigenvalue weighted by Crippen LogP contribution is -2.52. The Bertz CT molecular complexity index is 220. The molecule has 1 aliphatic rings. The number of amides is 1. The number of hydrogen-bond donors (Lipinski definition) is 1. The van der Waals surface area contributed by atoms with Crippen LogP contribution in [0.5, 0.6) is 0 Å². The molecule has 1 amide bonds. The number of rotatable bonds is 4. The molecule has 1 heterocycles. The van der Waals surface area contributed by atoms with Gasteiger partial charge >= 0.3 is 0 Å². The average molecular weight is 227 g/mol. The zero-order chi connectivity index (χ0) is 12.1. The first-order valence-electron chi connectivity index (χ1n) is 6.27. The molecule has 0 aliphatic carbocycles. The van der Waals surface area contributed by atoms with Crippen LogP contribution in [0.3, 0.4) is 0 Å². The van der Waals surface area contributed by atoms with Crippen molar-refractivity contribution in [2.45, 2.75) is 33.2 Å². The van der Waals surface area contributed by atoms with Crippen LogP contribution >= 0.6 is 0 Å². The van der Waals surface area contributed by atoms with Crippen molar-refractivity contribution < 1.29 is 4.79 Å². The number of nitrogens with zero attached hydrogens (tertiary/aromatic N) is 2. The van der Waals surface area contributed by atoms with E-state index in [1.807, 2.05) is 4.90 Å². The van der Waals surface area contributed by atoms with Crippen LogP contribution in [0.1, 0.15) is 27.2 Å². The highest BCUT2D eigenvalue weighted by molar-refractivity contribution is 5.81. The van der Waals surface area contributed by atoms with Crippen LogP contribution < -0.4 is 5.73 Å². The molecule has 0 aromatic carbocycles. The summed E-state index contributed by atoms with van der Waals surface area (Å²) in [5.41, 5.74) is 5.60. The van der Waals surface area contributed by atoms with Crippen molar-refractivity contribution in [3.63, 3.8) is 0 Å². The SMILES string of the molecule is CC(C)CCN1CCN(C(=O)C(C)N)CC1. The third-order valence-corrected chi connectivity index (χ3v) is 3.10. The minimum Gasteiger partial charge on any atom is -0.339 e. The van der Waals surface area contributed by atoms with Gasteiger partial charge in [-0.2, -0.15) is 0 Å². The van der Waals surface area contributed by atoms with Gasteiger partial charge in [0.1, 0.15) is 0 Å². The van der Waals surface area contributed by atoms with Gasteiger partial charge in [-0.05, 0) is 25.8 Å². The molecule has 1 saturated heterocycles. The number of piperazine rings is 1. The Kier molecular flexibility index (Phi) is 5.22. The van der Waals surface area contributed by atoms with Crippen molar-refractivity contribution in [2.75, 3.05) is 32.7 Å². The van der Waals surface area contributed by atoms with Gasteiger partial charge in [0.15, 0.2) is 0 Å². The molecule has 0 spiro atoms. The standard InChI is InChI=1S/C12H25N3O/c1-10(2)4-5-14-6-8-15(9-7-14)12(16)11(3)13/h10-11H,4-9,13H2,1-3H3. The number of carbonyl (C=O) groups excluding carboxylic acids is 1. The molecule has 2 N–H and O–H groups in total. The Morgan fingerprint density at radius 3 is 2.19 bits per heavy atom. The maximum atomic E-state index is 11.7. The first-order valence-corrected chi connectivity index (χ1v) is 6.27. The molecular weight excluding hydrogens is 202 g/mol. The van der Waals surface area contributed by atoms with E-state index in [4.69, 9.17) is 5.73 Å². The van der Waals surface area contributed by atoms with Crippen molar-refractivity contribution >= 4 is 5.91 Å². The number of hydrogen-bond acceptors (Lipinski definition) is 3. The second kappa shape index (κ2) is 6.21. The van der Waals surface area contributed by atoms with E-state index >= 15 is 0 Å². The Hall–Kier alpha value is -0.610. The van der Waals surface area contributed by atoms with Gasteiger partial charge in [0, 0.05) is 26.2 Å². The predicted octanol–water partition coefficient (Wildman–Crippen LogP) is 0.524. The lowest BCUT2D eigenvalue weighted by molar-refractivity contribution is -0.133. The van der Waals surface area contributed by atoms with Crippen molar-refractivity contribution in [3.05, 3.63) is 0 Å². The summed E-state index contributed by atoms with van der Waals surface area (Å²) in [6.07, 6.45) is 1.24. The molecule has 1 atom stereocenters. The van der Waals surface area contributed by atoms with E-state index in [1.54, 1.807) is 6.92 Å². The summed E-state index contributed by atoms with van der Waals surface area (Å²) in [5.74, 6) is 0.840. The highest BCUT2D eigenvalue weighted by atomic mass is 16.2. The summed E-state index contributed by atoms with van der Waals surface area (Å²) in [4.78, 5) is 16.0. The Morgan fingerprint density at radius 2 is 1.75 bits per heavy atom. The summed E-state index contributed by atoms with van der Waals surface area (Å²) in [6.45, 7) is 11.0. The Labute approximate surface area is 98.8 Å². The third kappa shape index (κ3) is 4.10. The monoisotopic (exact) mass is 227 g/mol. The van der Waals surface area contributed by atoms with E-state index in [9.17, 15) is 4.79 Å². The summed E-state index contributed by atoms with van der Waals surface area (Å²) < 4.78 is 0. The van der Waals surface area contributed by atoms with Gasteiger partial charge in [0.2, 0.25) is 5.91 Å². The minimum atomic E-state index is -0.359. The third-order valence-electron chi connectivity index (χ3n) is 3.10. The average Bonchev–Trinajstić information content (AvgIpc) is 2.26. The molecule has 1 unspecified atom stereocenters. The Morgan fingerprint density at radius 1 is 1.19 bits per heavy atom. The lowest BCUT2D eigenvalue weighted by Gasteiger charge is -2.35. The fourth-order valence-electron chi connectivity index (χ4n) is 1.92. The smallest absolute Gasteiger partial charge is 0.239 e. The van der Waals surface area contributed by atoms with Crippen LogP contribution in [0.15, 0.2) is 0 Å². The molecule has 1 rings (SSSR count). The fourth-order valence-corrected chi connectivity index (χ4v) is 1.92. The highest BCUT2D eigenvalue weighted by Crippen LogP contribution is 2.07. The minimum absolute atomic E-state index is 0.0866. The van der Waals surface area contributed by atoms with Crippen LogP contribution in [0.25, 0.3) is 0 Å². The molecule has 4 nitrogen and oxygen atoms in total. The summed E-state index contributed by atoms with van der Waals surface area (Å²) in [6, 6.07) is -0.359. The molecule has 4 heteroatoms. The molecule has 94 valence electrons. The topological polar surface area (TPSA) is 49.6 Å². The van der Waals surface area contributed by atoms with Gasteiger partial charge in [0.05, 0.1) is 6.04 Å². The quantitative estimate of drug-likeness (QED) is 0.762. The van der Waals surface area contributed by atoms with E-state index in [0.29, 0.717) is 0 Å². The van der Waals surface area contributed by atoms with Crippen LogP contribution in [0.4, 0.5) is 0 Å². The zero-order valence-corrected chi connectivity index (χ0v) is 10.8. The normalized spacial score (nSPS) is 20.2. The summed E-state index contributed by atoms with van der Waals surface area (Å²) >= 11 is 0. The number of carbonyl (C=O) groups is 1. The van der Waals surface area contributed by atoms with Crippen molar-refractivity contribution in [2.24, 2.45) is 11.7 Å². The molecule has 1 fully saturated rings. The molecule has 16 heavy (non-hydrogen) atoms. The largest absolute Gasteiger partial charge is 0.339 e. The van der Waals surface area contributed by atoms with Crippen LogP contribution in [-0.2, 0) is 4.79 Å². The summed E-state index contributed by atoms with van der Waals surface area (Å²) in [7, 11) is 0. The molecule has 0 bridgehead atoms. The predicted molar refractivity (Wildman–Crippen MR) is 66.1 cm³/mol. The molecule has 0 radical (unpaired) electrons. The summed E-state index contributed by atoms with van der Waals surface area (Å²) in [5, 5.41) is 0. The number of nitrogens with two attached hydrogens (primary N) is 1. The molecular formula is C12H25N3O. The van der Waals surface area contributed by atoms with Gasteiger partial charge in [0.25, 0.3) is 0 Å². The second-order valence-corrected chi connectivity index (χ2v) is 5.14. The maximum absolute atomic E-state index is 11.7. The van der Waals surface area contributed by atoms with Gasteiger partial charge in [-0.1, -0.05) is 13.8 Å². The lowest BCUT2D eigenvalue weighted by atomic mass is 10.1. The first kappa shape index (κ1) is 13.5. The van der Waals surface area contributed by atoms with E-state index in [0.717, 1.165) is 38.6 Å². The van der Waals surface area contributed by atoms with Crippen molar-refractivity contribution in [3.8, 4) is 0 Å². The van der Waals surface area contributed by atoms with Crippen molar-refractivity contribution in [1.82, 2.24) is 9.80 Å². The zero-order valence-electron chi connectivity index (χ0n) is 10.8. The van der Waals surface area contributed by atoms with E-state index in [-0.39, 0.29) is 11.9 Å². The van der Waals surface area contributed by atoms with Crippen molar-refractivity contribution in [1.29, 1.82) is 0 Å². The Balaban J connectivity index is 2.26. The van der Waals surface area contributed by atoms with E-state index in [1.165, 1.54) is 6.42 Å². The fraction of sp³-hybridized carbons (Fsp3) is 0.917. The molecule has 1 aliphatic heterocycles. The van der Waals surface area contributed by atoms with Gasteiger partial charge < -0.3 is 10.6 Å². The maximum Gasteiger partial charge on any atom is 0.239 e. The van der Waals surface area contributed by atoms with Crippen LogP contribution in [-0.4, -0.2) is 54.5 Å². The van der Waals surface area contributed by atoms with Gasteiger partial charge in [-0.3, -0.25) is 9.69 Å². The van der Waals surface area contributed by atoms with E-state index < -0.39 is 0 Å². The molecule has 0 aromatic heterocycles. The second-order valence-electron chi connectivity index (χ2n) is 5.14. The van der Waals surface area contributed by atoms with E-state index in [2.05, 4.69) is 18.7 Å². The molecule has 0 saturated carbocycles. The van der Waals surface area contributed by atoms with Gasteiger partial charge in [-0.15, -0.1) is 0 Å². The highest BCUT2D eigenvalue weighted by Gasteiger charge is 2.22.